The van der Waals surface area contributed by atoms with Crippen molar-refractivity contribution in [2.45, 2.75) is 85.9 Å². The molecule has 4 aromatic heterocycles. The third-order valence-corrected chi connectivity index (χ3v) is 18.2. The van der Waals surface area contributed by atoms with Crippen LogP contribution in [0, 0.1) is 0 Å². The lowest BCUT2D eigenvalue weighted by molar-refractivity contribution is 0.145. The number of ether oxygens (including phenoxy) is 2. The Bertz CT molecular complexity index is 3320. The summed E-state index contributed by atoms with van der Waals surface area (Å²) in [7, 11) is -3.72. The molecule has 0 spiro atoms. The number of sulfone groups is 2. The van der Waals surface area contributed by atoms with Gasteiger partial charge < -0.3 is 60.7 Å². The number of aliphatic hydroxyl groups is 2. The molecule has 0 aliphatic carbocycles. The first-order valence-electron chi connectivity index (χ1n) is 25.4. The molecule has 0 unspecified atom stereocenters. The summed E-state index contributed by atoms with van der Waals surface area (Å²) in [6.45, 7) is 9.90. The Morgan fingerprint density at radius 3 is 1.26 bits per heavy atom. The summed E-state index contributed by atoms with van der Waals surface area (Å²) in [5.74, 6) is 2.48. The second-order valence-electron chi connectivity index (χ2n) is 19.5. The number of fused-ring (bicyclic) bond motifs is 2. The molecule has 0 saturated carbocycles. The van der Waals surface area contributed by atoms with Crippen LogP contribution in [0.15, 0.2) is 131 Å². The molecular weight excluding hydrogens is 1000 g/mol. The Morgan fingerprint density at radius 2 is 0.895 bits per heavy atom. The largest absolute Gasteiger partial charge is 0.494 e. The van der Waals surface area contributed by atoms with Crippen molar-refractivity contribution in [1.82, 2.24) is 19.9 Å². The predicted octanol–water partition coefficient (Wildman–Crippen LogP) is 10.4. The van der Waals surface area contributed by atoms with E-state index in [0.29, 0.717) is 57.2 Å². The Kier molecular flexibility index (Phi) is 16.0. The quantitative estimate of drug-likeness (QED) is 0.0449. The van der Waals surface area contributed by atoms with Crippen LogP contribution in [0.25, 0.3) is 22.1 Å². The van der Waals surface area contributed by atoms with Crippen LogP contribution in [0.1, 0.15) is 53.4 Å². The van der Waals surface area contributed by atoms with E-state index in [2.05, 4.69) is 41.0 Å². The maximum absolute atomic E-state index is 13.0. The molecule has 8 N–H and O–H groups in total. The predicted molar refractivity (Wildman–Crippen MR) is 304 cm³/mol. The summed E-state index contributed by atoms with van der Waals surface area (Å²) < 4.78 is 63.3. The zero-order valence-electron chi connectivity index (χ0n) is 43.5. The number of aliphatic hydroxyl groups excluding tert-OH is 2. The molecule has 18 nitrogen and oxygen atoms in total. The summed E-state index contributed by atoms with van der Waals surface area (Å²) in [6.07, 6.45) is 6.13. The van der Waals surface area contributed by atoms with E-state index in [1.54, 1.807) is 90.7 Å². The zero-order chi connectivity index (χ0) is 53.7. The van der Waals surface area contributed by atoms with Crippen molar-refractivity contribution in [2.24, 2.45) is 0 Å². The average molecular weight is 1070 g/mol. The minimum Gasteiger partial charge on any atom is -0.494 e. The summed E-state index contributed by atoms with van der Waals surface area (Å²) >= 11 is 0. The zero-order valence-corrected chi connectivity index (χ0v) is 45.1. The molecule has 0 atom stereocenters. The van der Waals surface area contributed by atoms with E-state index in [1.165, 1.54) is 0 Å². The molecular formula is C56H66N10O8S2. The average Bonchev–Trinajstić information content (AvgIpc) is 4.11. The van der Waals surface area contributed by atoms with Gasteiger partial charge in [-0.1, -0.05) is 24.3 Å². The lowest BCUT2D eigenvalue weighted by Crippen LogP contribution is -2.35. The molecule has 8 aromatic rings. The highest BCUT2D eigenvalue weighted by Gasteiger charge is 2.26. The number of pyridine rings is 2. The van der Waals surface area contributed by atoms with Gasteiger partial charge in [0.15, 0.2) is 19.7 Å². The summed E-state index contributed by atoms with van der Waals surface area (Å²) in [5.41, 5.74) is 7.34. The first-order chi connectivity index (χ1) is 36.5. The number of H-pyrrole nitrogens is 2. The van der Waals surface area contributed by atoms with Gasteiger partial charge >= 0.3 is 0 Å². The van der Waals surface area contributed by atoms with E-state index < -0.39 is 30.2 Å². The smallest absolute Gasteiger partial charge is 0.182 e. The van der Waals surface area contributed by atoms with Crippen molar-refractivity contribution in [3.63, 3.8) is 0 Å². The first-order valence-corrected chi connectivity index (χ1v) is 28.5. The number of rotatable bonds is 16. The van der Waals surface area contributed by atoms with Gasteiger partial charge in [-0.05, 0) is 114 Å². The normalized spacial score (nSPS) is 14.7. The molecule has 0 amide bonds. The summed E-state index contributed by atoms with van der Waals surface area (Å²) in [5, 5.41) is 33.6. The number of piperidine rings is 2. The monoisotopic (exact) mass is 1070 g/mol. The number of aromatic nitrogens is 4. The van der Waals surface area contributed by atoms with Gasteiger partial charge in [-0.15, -0.1) is 0 Å². The van der Waals surface area contributed by atoms with Crippen LogP contribution in [-0.2, 0) is 19.7 Å². The van der Waals surface area contributed by atoms with Crippen molar-refractivity contribution in [1.29, 1.82) is 0 Å². The molecule has 0 radical (unpaired) electrons. The number of para-hydroxylation sites is 2. The molecule has 76 heavy (non-hydrogen) atoms. The number of hydrogen-bond donors (Lipinski definition) is 8. The van der Waals surface area contributed by atoms with E-state index in [9.17, 15) is 27.0 Å². The van der Waals surface area contributed by atoms with Crippen molar-refractivity contribution in [3.8, 4) is 11.5 Å². The minimum absolute atomic E-state index is 0.233. The first kappa shape index (κ1) is 53.3. The van der Waals surface area contributed by atoms with Crippen LogP contribution in [0.5, 0.6) is 11.5 Å². The van der Waals surface area contributed by atoms with E-state index in [1.807, 2.05) is 72.8 Å². The van der Waals surface area contributed by atoms with Crippen molar-refractivity contribution >= 4 is 98.9 Å². The molecule has 400 valence electrons. The third kappa shape index (κ3) is 11.6. The van der Waals surface area contributed by atoms with E-state index >= 15 is 0 Å². The van der Waals surface area contributed by atoms with E-state index in [4.69, 9.17) is 19.4 Å². The lowest BCUT2D eigenvalue weighted by Gasteiger charge is -2.31. The van der Waals surface area contributed by atoms with Gasteiger partial charge in [0.25, 0.3) is 0 Å². The van der Waals surface area contributed by atoms with Crippen LogP contribution in [0.4, 0.5) is 57.1 Å². The molecule has 20 heteroatoms. The Morgan fingerprint density at radius 1 is 0.513 bits per heavy atom. The fraction of sp³-hybridized carbons (Fsp3) is 0.321. The number of hydrogen-bond acceptors (Lipinski definition) is 16. The number of nitrogens with zero attached hydrogens (tertiary/aromatic N) is 4. The van der Waals surface area contributed by atoms with E-state index in [-0.39, 0.29) is 22.0 Å². The van der Waals surface area contributed by atoms with Crippen molar-refractivity contribution in [3.05, 3.63) is 122 Å². The molecule has 2 aliphatic heterocycles. The standard InChI is InChI=1S/2C28H33N5O4S/c2*1-18(2)38(35,36)26-7-5-4-6-23(26)30-24-17-27(32-28-21(24)10-13-29-28)31-22-9-8-19(16-25(22)37-3)33-14-11-20(34)12-15-33/h2*4-10,13,16-18,20,34H,11-12,14-15H2,1-3H3,(H3,29,30,31,32). The molecule has 2 saturated heterocycles. The van der Waals surface area contributed by atoms with Crippen LogP contribution in [0.2, 0.25) is 0 Å². The van der Waals surface area contributed by atoms with Crippen LogP contribution >= 0.6 is 0 Å². The van der Waals surface area contributed by atoms with Gasteiger partial charge in [0.05, 0.1) is 80.8 Å². The minimum atomic E-state index is -3.49. The number of nitrogens with one attached hydrogen (secondary N) is 6. The van der Waals surface area contributed by atoms with Gasteiger partial charge in [0.2, 0.25) is 0 Å². The number of anilines is 10. The maximum atomic E-state index is 13.0. The van der Waals surface area contributed by atoms with E-state index in [0.717, 1.165) is 85.4 Å². The Labute approximate surface area is 443 Å². The highest BCUT2D eigenvalue weighted by atomic mass is 32.2. The maximum Gasteiger partial charge on any atom is 0.182 e. The molecule has 10 rings (SSSR count). The third-order valence-electron chi connectivity index (χ3n) is 13.8. The second-order valence-corrected chi connectivity index (χ2v) is 24.4. The second kappa shape index (κ2) is 22.8. The fourth-order valence-electron chi connectivity index (χ4n) is 9.33. The lowest BCUT2D eigenvalue weighted by atomic mass is 10.1. The topological polar surface area (TPSA) is 239 Å². The van der Waals surface area contributed by atoms with Crippen LogP contribution in [0.3, 0.4) is 0 Å². The highest BCUT2D eigenvalue weighted by molar-refractivity contribution is 7.92. The molecule has 6 heterocycles. The van der Waals surface area contributed by atoms with Gasteiger partial charge in [-0.25, -0.2) is 26.8 Å². The van der Waals surface area contributed by atoms with Gasteiger partial charge in [0, 0.05) is 85.0 Å². The molecule has 4 aromatic carbocycles. The number of aromatic amines is 2. The van der Waals surface area contributed by atoms with Crippen molar-refractivity contribution in [2.75, 3.05) is 71.5 Å². The Balaban J connectivity index is 0.000000186. The number of benzene rings is 4. The molecule has 2 fully saturated rings. The highest BCUT2D eigenvalue weighted by Crippen LogP contribution is 2.39. The van der Waals surface area contributed by atoms with Gasteiger partial charge in [0.1, 0.15) is 34.4 Å². The summed E-state index contributed by atoms with van der Waals surface area (Å²) in [6, 6.07) is 33.3. The number of methoxy groups -OCH3 is 2. The SMILES string of the molecule is COc1cc(N2CCC(O)CC2)ccc1Nc1cc(Nc2ccccc2S(=O)(=O)C(C)C)c2cc[nH]c2n1.COc1cc(N2CCC(O)CC2)ccc1Nc1cc(Nc2ccccc2S(=O)(=O)C(C)C)c2cc[nH]c2n1. The van der Waals surface area contributed by atoms with Crippen molar-refractivity contribution < 1.29 is 36.5 Å². The van der Waals surface area contributed by atoms with Gasteiger partial charge in [-0.3, -0.25) is 0 Å². The molecule has 2 aliphatic rings. The summed E-state index contributed by atoms with van der Waals surface area (Å²) in [4.78, 5) is 20.7. The van der Waals surface area contributed by atoms with Gasteiger partial charge in [-0.2, -0.15) is 0 Å². The van der Waals surface area contributed by atoms with Crippen LogP contribution in [-0.4, -0.2) is 110 Å². The Hall–Kier alpha value is -7.52. The van der Waals surface area contributed by atoms with Crippen LogP contribution < -0.4 is 40.5 Å². The molecule has 0 bridgehead atoms. The fourth-order valence-corrected chi connectivity index (χ4v) is 11.7.